The van der Waals surface area contributed by atoms with Crippen molar-refractivity contribution in [2.75, 3.05) is 25.6 Å². The minimum Gasteiger partial charge on any atom is -0.497 e. The van der Waals surface area contributed by atoms with Crippen molar-refractivity contribution in [2.24, 2.45) is 5.92 Å². The van der Waals surface area contributed by atoms with Gasteiger partial charge < -0.3 is 19.7 Å². The third-order valence-electron chi connectivity index (χ3n) is 5.99. The van der Waals surface area contributed by atoms with E-state index >= 15 is 0 Å². The van der Waals surface area contributed by atoms with Gasteiger partial charge in [0, 0.05) is 25.1 Å². The lowest BCUT2D eigenvalue weighted by Crippen LogP contribution is -2.37. The first-order valence-corrected chi connectivity index (χ1v) is 11.0. The highest BCUT2D eigenvalue weighted by atomic mass is 16.5. The van der Waals surface area contributed by atoms with Crippen LogP contribution in [0, 0.1) is 5.92 Å². The second kappa shape index (κ2) is 10.5. The maximum atomic E-state index is 13.0. The molecule has 1 aliphatic heterocycles. The smallest absolute Gasteiger partial charge is 0.229 e. The summed E-state index contributed by atoms with van der Waals surface area (Å²) in [6, 6.07) is 5.72. The standard InChI is InChI=1S/C23H34N2O4/c1-3-4-13-29-21-12-11-19(28-2)15-20(21)24-23(27)17-14-22(26)25(16-17)18-9-7-5-6-8-10-18/h11-12,15,17-18H,3-10,13-14,16H2,1-2H3,(H,24,27). The first-order chi connectivity index (χ1) is 14.1. The summed E-state index contributed by atoms with van der Waals surface area (Å²) >= 11 is 0. The molecule has 2 aliphatic rings. The highest BCUT2D eigenvalue weighted by Gasteiger charge is 2.38. The number of hydrogen-bond acceptors (Lipinski definition) is 4. The molecular formula is C23H34N2O4. The number of carbonyl (C=O) groups excluding carboxylic acids is 2. The third-order valence-corrected chi connectivity index (χ3v) is 5.99. The second-order valence-electron chi connectivity index (χ2n) is 8.15. The lowest BCUT2D eigenvalue weighted by molar-refractivity contribution is -0.130. The van der Waals surface area contributed by atoms with Crippen LogP contribution in [0.2, 0.25) is 0 Å². The Labute approximate surface area is 173 Å². The van der Waals surface area contributed by atoms with Gasteiger partial charge in [-0.15, -0.1) is 0 Å². The van der Waals surface area contributed by atoms with Crippen molar-refractivity contribution < 1.29 is 19.1 Å². The molecule has 1 aromatic carbocycles. The molecule has 0 aromatic heterocycles. The first kappa shape index (κ1) is 21.5. The molecule has 1 saturated heterocycles. The van der Waals surface area contributed by atoms with Crippen molar-refractivity contribution in [2.45, 2.75) is 70.8 Å². The minimum absolute atomic E-state index is 0.113. The summed E-state index contributed by atoms with van der Waals surface area (Å²) in [4.78, 5) is 27.5. The van der Waals surface area contributed by atoms with E-state index in [1.54, 1.807) is 13.2 Å². The number of likely N-dealkylation sites (tertiary alicyclic amines) is 1. The number of unbranched alkanes of at least 4 members (excludes halogenated alkanes) is 1. The van der Waals surface area contributed by atoms with E-state index in [0.717, 1.165) is 25.7 Å². The normalized spacial score (nSPS) is 20.4. The molecule has 1 aliphatic carbocycles. The quantitative estimate of drug-likeness (QED) is 0.517. The topological polar surface area (TPSA) is 67.9 Å². The van der Waals surface area contributed by atoms with Crippen LogP contribution >= 0.6 is 0 Å². The van der Waals surface area contributed by atoms with Crippen LogP contribution in [0.1, 0.15) is 64.7 Å². The van der Waals surface area contributed by atoms with Gasteiger partial charge in [-0.3, -0.25) is 9.59 Å². The van der Waals surface area contributed by atoms with Gasteiger partial charge in [0.15, 0.2) is 0 Å². The van der Waals surface area contributed by atoms with Crippen LogP contribution in [-0.2, 0) is 9.59 Å². The molecule has 2 amide bonds. The van der Waals surface area contributed by atoms with Crippen molar-refractivity contribution >= 4 is 17.5 Å². The third kappa shape index (κ3) is 5.64. The molecule has 3 rings (SSSR count). The molecular weight excluding hydrogens is 368 g/mol. The number of nitrogens with one attached hydrogen (secondary N) is 1. The van der Waals surface area contributed by atoms with Crippen molar-refractivity contribution in [3.05, 3.63) is 18.2 Å². The van der Waals surface area contributed by atoms with Crippen molar-refractivity contribution in [1.82, 2.24) is 4.90 Å². The number of rotatable bonds is 8. The van der Waals surface area contributed by atoms with Crippen molar-refractivity contribution in [3.8, 4) is 11.5 Å². The fourth-order valence-electron chi connectivity index (χ4n) is 4.25. The van der Waals surface area contributed by atoms with Gasteiger partial charge >= 0.3 is 0 Å². The molecule has 29 heavy (non-hydrogen) atoms. The van der Waals surface area contributed by atoms with Gasteiger partial charge in [0.05, 0.1) is 25.3 Å². The zero-order valence-electron chi connectivity index (χ0n) is 17.7. The van der Waals surface area contributed by atoms with Crippen LogP contribution in [-0.4, -0.2) is 43.0 Å². The maximum absolute atomic E-state index is 13.0. The molecule has 1 aromatic rings. The fraction of sp³-hybridized carbons (Fsp3) is 0.652. The van der Waals surface area contributed by atoms with Crippen molar-refractivity contribution in [1.29, 1.82) is 0 Å². The molecule has 6 heteroatoms. The summed E-state index contributed by atoms with van der Waals surface area (Å²) in [6.07, 6.45) is 9.25. The van der Waals surface area contributed by atoms with E-state index in [-0.39, 0.29) is 17.7 Å². The molecule has 0 radical (unpaired) electrons. The molecule has 0 bridgehead atoms. The van der Waals surface area contributed by atoms with Gasteiger partial charge in [0.1, 0.15) is 11.5 Å². The zero-order valence-corrected chi connectivity index (χ0v) is 17.7. The average molecular weight is 403 g/mol. The summed E-state index contributed by atoms with van der Waals surface area (Å²) in [5.74, 6) is 0.967. The number of anilines is 1. The Hall–Kier alpha value is -2.24. The summed E-state index contributed by atoms with van der Waals surface area (Å²) in [5.41, 5.74) is 0.603. The first-order valence-electron chi connectivity index (χ1n) is 11.0. The zero-order chi connectivity index (χ0) is 20.6. The number of carbonyl (C=O) groups is 2. The predicted octanol–water partition coefficient (Wildman–Crippen LogP) is 4.38. The summed E-state index contributed by atoms with van der Waals surface area (Å²) in [7, 11) is 1.60. The molecule has 1 atom stereocenters. The van der Waals surface area contributed by atoms with Crippen LogP contribution < -0.4 is 14.8 Å². The monoisotopic (exact) mass is 402 g/mol. The molecule has 160 valence electrons. The second-order valence-corrected chi connectivity index (χ2v) is 8.15. The van der Waals surface area contributed by atoms with E-state index in [9.17, 15) is 9.59 Å². The van der Waals surface area contributed by atoms with Gasteiger partial charge in [0.2, 0.25) is 11.8 Å². The number of amides is 2. The summed E-state index contributed by atoms with van der Waals surface area (Å²) in [6.45, 7) is 3.23. The van der Waals surface area contributed by atoms with Crippen LogP contribution in [0.25, 0.3) is 0 Å². The highest BCUT2D eigenvalue weighted by Crippen LogP contribution is 2.32. The van der Waals surface area contributed by atoms with Gasteiger partial charge in [0.25, 0.3) is 0 Å². The van der Waals surface area contributed by atoms with Crippen LogP contribution in [0.15, 0.2) is 18.2 Å². The minimum atomic E-state index is -0.319. The number of hydrogen-bond donors (Lipinski definition) is 1. The van der Waals surface area contributed by atoms with Gasteiger partial charge in [-0.2, -0.15) is 0 Å². The number of nitrogens with zero attached hydrogens (tertiary/aromatic N) is 1. The van der Waals surface area contributed by atoms with E-state index in [1.807, 2.05) is 17.0 Å². The van der Waals surface area contributed by atoms with Gasteiger partial charge in [-0.1, -0.05) is 39.0 Å². The van der Waals surface area contributed by atoms with E-state index in [4.69, 9.17) is 9.47 Å². The maximum Gasteiger partial charge on any atom is 0.229 e. The Balaban J connectivity index is 1.65. The Kier molecular flexibility index (Phi) is 7.78. The predicted molar refractivity (Wildman–Crippen MR) is 113 cm³/mol. The Morgan fingerprint density at radius 3 is 2.66 bits per heavy atom. The molecule has 1 N–H and O–H groups in total. The van der Waals surface area contributed by atoms with E-state index in [0.29, 0.717) is 42.8 Å². The molecule has 0 spiro atoms. The van der Waals surface area contributed by atoms with Crippen LogP contribution in [0.3, 0.4) is 0 Å². The van der Waals surface area contributed by atoms with E-state index < -0.39 is 0 Å². The Morgan fingerprint density at radius 1 is 1.21 bits per heavy atom. The highest BCUT2D eigenvalue weighted by molar-refractivity contribution is 5.98. The summed E-state index contributed by atoms with van der Waals surface area (Å²) in [5, 5.41) is 2.99. The summed E-state index contributed by atoms with van der Waals surface area (Å²) < 4.78 is 11.1. The molecule has 1 heterocycles. The van der Waals surface area contributed by atoms with Gasteiger partial charge in [-0.05, 0) is 31.4 Å². The van der Waals surface area contributed by atoms with Crippen molar-refractivity contribution in [3.63, 3.8) is 0 Å². The molecule has 2 fully saturated rings. The number of ether oxygens (including phenoxy) is 2. The number of benzene rings is 1. The lowest BCUT2D eigenvalue weighted by Gasteiger charge is -2.27. The lowest BCUT2D eigenvalue weighted by atomic mass is 10.1. The Bertz CT molecular complexity index is 698. The van der Waals surface area contributed by atoms with Gasteiger partial charge in [-0.25, -0.2) is 0 Å². The van der Waals surface area contributed by atoms with E-state index in [2.05, 4.69) is 12.2 Å². The SMILES string of the molecule is CCCCOc1ccc(OC)cc1NC(=O)C1CC(=O)N(C2CCCCCC2)C1. The molecule has 6 nitrogen and oxygen atoms in total. The Morgan fingerprint density at radius 2 is 1.97 bits per heavy atom. The van der Waals surface area contributed by atoms with Crippen LogP contribution in [0.5, 0.6) is 11.5 Å². The fourth-order valence-corrected chi connectivity index (χ4v) is 4.25. The van der Waals surface area contributed by atoms with E-state index in [1.165, 1.54) is 25.7 Å². The number of methoxy groups -OCH3 is 1. The molecule has 1 unspecified atom stereocenters. The average Bonchev–Trinajstić information content (AvgIpc) is 2.93. The molecule has 1 saturated carbocycles. The largest absolute Gasteiger partial charge is 0.497 e. The van der Waals surface area contributed by atoms with Crippen LogP contribution in [0.4, 0.5) is 5.69 Å².